The number of rotatable bonds is 7. The molecule has 0 aromatic carbocycles. The first kappa shape index (κ1) is 17.2. The second kappa shape index (κ2) is 7.23. The number of nitrogens with one attached hydrogen (secondary N) is 1. The number of aliphatic hydroxyl groups excluding tert-OH is 1. The van der Waals surface area contributed by atoms with Gasteiger partial charge in [0.2, 0.25) is 0 Å². The quantitative estimate of drug-likeness (QED) is 0.698. The van der Waals surface area contributed by atoms with E-state index in [1.54, 1.807) is 0 Å². The van der Waals surface area contributed by atoms with E-state index in [0.29, 0.717) is 6.07 Å². The Morgan fingerprint density at radius 2 is 2.19 bits per heavy atom. The van der Waals surface area contributed by atoms with Gasteiger partial charge in [-0.2, -0.15) is 13.2 Å². The zero-order chi connectivity index (χ0) is 16.0. The molecule has 1 rings (SSSR count). The van der Waals surface area contributed by atoms with Gasteiger partial charge in [-0.3, -0.25) is 4.79 Å². The maximum atomic E-state index is 12.6. The number of carbonyl (C=O) groups excluding carboxylic acids is 1. The number of carbonyl (C=O) groups is 1. The summed E-state index contributed by atoms with van der Waals surface area (Å²) >= 11 is 0. The minimum atomic E-state index is -4.62. The molecular formula is C12H16F3N3O3. The molecule has 1 amide bonds. The number of hydrogen-bond acceptors (Lipinski definition) is 5. The summed E-state index contributed by atoms with van der Waals surface area (Å²) in [5.41, 5.74) is 3.80. The van der Waals surface area contributed by atoms with Gasteiger partial charge in [-0.05, 0) is 18.6 Å². The van der Waals surface area contributed by atoms with Crippen molar-refractivity contribution in [1.82, 2.24) is 4.98 Å². The van der Waals surface area contributed by atoms with Gasteiger partial charge >= 0.3 is 6.18 Å². The van der Waals surface area contributed by atoms with Crippen molar-refractivity contribution in [3.63, 3.8) is 0 Å². The average molecular weight is 307 g/mol. The normalized spacial score (nSPS) is 13.0. The standard InChI is InChI=1S/C12H16F3N3O3/c1-21-6-7(19)4-5-17-11-8(10(16)20)2-3-9(18-11)12(13,14)15/h2-3,7,19H,4-6H2,1H3,(H2,16,20)(H,17,18). The maximum absolute atomic E-state index is 12.6. The smallest absolute Gasteiger partial charge is 0.391 e. The molecule has 0 saturated carbocycles. The molecule has 6 nitrogen and oxygen atoms in total. The highest BCUT2D eigenvalue weighted by molar-refractivity contribution is 5.97. The van der Waals surface area contributed by atoms with Crippen LogP contribution >= 0.6 is 0 Å². The van der Waals surface area contributed by atoms with Crippen molar-refractivity contribution in [3.8, 4) is 0 Å². The Labute approximate surface area is 119 Å². The number of halogens is 3. The van der Waals surface area contributed by atoms with E-state index in [1.807, 2.05) is 0 Å². The second-order valence-electron chi connectivity index (χ2n) is 4.28. The highest BCUT2D eigenvalue weighted by atomic mass is 19.4. The van der Waals surface area contributed by atoms with E-state index in [1.165, 1.54) is 7.11 Å². The van der Waals surface area contributed by atoms with Crippen LogP contribution in [0.15, 0.2) is 12.1 Å². The summed E-state index contributed by atoms with van der Waals surface area (Å²) in [6, 6.07) is 1.65. The zero-order valence-electron chi connectivity index (χ0n) is 11.3. The molecule has 1 aromatic rings. The van der Waals surface area contributed by atoms with Gasteiger partial charge in [0.1, 0.15) is 11.5 Å². The first-order valence-corrected chi connectivity index (χ1v) is 6.04. The predicted octanol–water partition coefficient (Wildman–Crippen LogP) is 1.01. The molecule has 0 saturated heterocycles. The van der Waals surface area contributed by atoms with Crippen LogP contribution in [0.2, 0.25) is 0 Å². The lowest BCUT2D eigenvalue weighted by atomic mass is 10.2. The summed E-state index contributed by atoms with van der Waals surface area (Å²) in [7, 11) is 1.41. The summed E-state index contributed by atoms with van der Waals surface area (Å²) in [5.74, 6) is -1.15. The third-order valence-electron chi connectivity index (χ3n) is 2.58. The lowest BCUT2D eigenvalue weighted by Crippen LogP contribution is -2.22. The van der Waals surface area contributed by atoms with Crippen molar-refractivity contribution < 1.29 is 27.8 Å². The third-order valence-corrected chi connectivity index (χ3v) is 2.58. The van der Waals surface area contributed by atoms with Crippen LogP contribution in [0, 0.1) is 0 Å². The molecule has 0 spiro atoms. The fraction of sp³-hybridized carbons (Fsp3) is 0.500. The monoisotopic (exact) mass is 307 g/mol. The fourth-order valence-electron chi connectivity index (χ4n) is 1.58. The first-order chi connectivity index (χ1) is 9.75. The topological polar surface area (TPSA) is 97.5 Å². The first-order valence-electron chi connectivity index (χ1n) is 6.04. The molecule has 118 valence electrons. The van der Waals surface area contributed by atoms with E-state index in [2.05, 4.69) is 10.3 Å². The Balaban J connectivity index is 2.84. The molecule has 21 heavy (non-hydrogen) atoms. The van der Waals surface area contributed by atoms with Crippen LogP contribution in [-0.2, 0) is 10.9 Å². The lowest BCUT2D eigenvalue weighted by Gasteiger charge is -2.14. The Morgan fingerprint density at radius 1 is 1.52 bits per heavy atom. The van der Waals surface area contributed by atoms with Gasteiger partial charge in [-0.1, -0.05) is 0 Å². The van der Waals surface area contributed by atoms with E-state index >= 15 is 0 Å². The summed E-state index contributed by atoms with van der Waals surface area (Å²) in [4.78, 5) is 14.5. The second-order valence-corrected chi connectivity index (χ2v) is 4.28. The average Bonchev–Trinajstić information content (AvgIpc) is 2.37. The van der Waals surface area contributed by atoms with Crippen LogP contribution < -0.4 is 11.1 Å². The molecule has 0 fully saturated rings. The van der Waals surface area contributed by atoms with E-state index in [-0.39, 0.29) is 31.0 Å². The molecule has 0 aliphatic carbocycles. The molecule has 0 radical (unpaired) electrons. The Hall–Kier alpha value is -1.87. The van der Waals surface area contributed by atoms with Gasteiger partial charge in [0.15, 0.2) is 0 Å². The van der Waals surface area contributed by atoms with Crippen LogP contribution in [0.4, 0.5) is 19.0 Å². The third kappa shape index (κ3) is 5.20. The number of aromatic nitrogens is 1. The maximum Gasteiger partial charge on any atom is 0.433 e. The van der Waals surface area contributed by atoms with Gasteiger partial charge in [-0.25, -0.2) is 4.98 Å². The number of pyridine rings is 1. The molecule has 1 atom stereocenters. The fourth-order valence-corrected chi connectivity index (χ4v) is 1.58. The van der Waals surface area contributed by atoms with Crippen molar-refractivity contribution in [2.24, 2.45) is 5.73 Å². The number of anilines is 1. The number of amides is 1. The van der Waals surface area contributed by atoms with Crippen LogP contribution in [0.25, 0.3) is 0 Å². The van der Waals surface area contributed by atoms with E-state index in [0.717, 1.165) is 6.07 Å². The Bertz CT molecular complexity index is 494. The van der Waals surface area contributed by atoms with Gasteiger partial charge in [0.05, 0.1) is 18.3 Å². The number of nitrogens with zero attached hydrogens (tertiary/aromatic N) is 1. The van der Waals surface area contributed by atoms with E-state index in [4.69, 9.17) is 10.5 Å². The number of nitrogens with two attached hydrogens (primary N) is 1. The molecule has 1 unspecified atom stereocenters. The lowest BCUT2D eigenvalue weighted by molar-refractivity contribution is -0.141. The minimum Gasteiger partial charge on any atom is -0.391 e. The molecule has 0 bridgehead atoms. The summed E-state index contributed by atoms with van der Waals surface area (Å²) in [6.45, 7) is 0.208. The molecule has 1 heterocycles. The van der Waals surface area contributed by atoms with Crippen molar-refractivity contribution in [1.29, 1.82) is 0 Å². The Morgan fingerprint density at radius 3 is 2.71 bits per heavy atom. The number of methoxy groups -OCH3 is 1. The Kier molecular flexibility index (Phi) is 5.91. The van der Waals surface area contributed by atoms with Crippen LogP contribution in [0.5, 0.6) is 0 Å². The molecule has 0 aliphatic rings. The number of hydrogen-bond donors (Lipinski definition) is 3. The summed E-state index contributed by atoms with van der Waals surface area (Å²) in [5, 5.41) is 12.0. The van der Waals surface area contributed by atoms with Gasteiger partial charge in [0, 0.05) is 13.7 Å². The highest BCUT2D eigenvalue weighted by Crippen LogP contribution is 2.29. The predicted molar refractivity (Wildman–Crippen MR) is 68.7 cm³/mol. The number of alkyl halides is 3. The number of aliphatic hydroxyl groups is 1. The van der Waals surface area contributed by atoms with Crippen molar-refractivity contribution >= 4 is 11.7 Å². The zero-order valence-corrected chi connectivity index (χ0v) is 11.3. The summed E-state index contributed by atoms with van der Waals surface area (Å²) < 4.78 is 42.5. The van der Waals surface area contributed by atoms with Crippen LogP contribution in [0.3, 0.4) is 0 Å². The van der Waals surface area contributed by atoms with Crippen LogP contribution in [0.1, 0.15) is 22.5 Å². The number of primary amides is 1. The molecule has 9 heteroatoms. The number of ether oxygens (including phenoxy) is 1. The molecule has 4 N–H and O–H groups in total. The molecule has 1 aromatic heterocycles. The van der Waals surface area contributed by atoms with Crippen molar-refractivity contribution in [2.45, 2.75) is 18.7 Å². The minimum absolute atomic E-state index is 0.0976. The van der Waals surface area contributed by atoms with Gasteiger partial charge < -0.3 is 20.9 Å². The summed E-state index contributed by atoms with van der Waals surface area (Å²) in [6.07, 6.45) is -5.18. The largest absolute Gasteiger partial charge is 0.433 e. The SMILES string of the molecule is COCC(O)CCNc1nc(C(F)(F)F)ccc1C(N)=O. The van der Waals surface area contributed by atoms with E-state index < -0.39 is 23.9 Å². The molecule has 0 aliphatic heterocycles. The van der Waals surface area contributed by atoms with Gasteiger partial charge in [0.25, 0.3) is 5.91 Å². The van der Waals surface area contributed by atoms with Gasteiger partial charge in [-0.15, -0.1) is 0 Å². The highest BCUT2D eigenvalue weighted by Gasteiger charge is 2.33. The van der Waals surface area contributed by atoms with Crippen molar-refractivity contribution in [2.75, 3.05) is 25.6 Å². The van der Waals surface area contributed by atoms with Crippen molar-refractivity contribution in [3.05, 3.63) is 23.4 Å². The molecular weight excluding hydrogens is 291 g/mol. The van der Waals surface area contributed by atoms with Crippen LogP contribution in [-0.4, -0.2) is 42.4 Å². The van der Waals surface area contributed by atoms with E-state index in [9.17, 15) is 23.1 Å².